The molecule has 2 aromatic rings. The smallest absolute Gasteiger partial charge is 0.144 e. The largest absolute Gasteiger partial charge is 0.493 e. The van der Waals surface area contributed by atoms with Gasteiger partial charge in [0, 0.05) is 17.7 Å². The summed E-state index contributed by atoms with van der Waals surface area (Å²) in [5.74, 6) is 0.829. The van der Waals surface area contributed by atoms with Crippen LogP contribution < -0.4 is 10.1 Å². The van der Waals surface area contributed by atoms with E-state index in [4.69, 9.17) is 9.73 Å². The number of aliphatic imine (C=N–C) groups is 1. The number of nitrogens with zero attached hydrogens (tertiary/aromatic N) is 1. The summed E-state index contributed by atoms with van der Waals surface area (Å²) in [4.78, 5) is 18.3. The van der Waals surface area contributed by atoms with E-state index in [2.05, 4.69) is 32.2 Å². The Bertz CT molecular complexity index is 916. The van der Waals surface area contributed by atoms with Crippen molar-refractivity contribution in [2.24, 2.45) is 16.3 Å². The molecule has 0 bridgehead atoms. The van der Waals surface area contributed by atoms with Crippen LogP contribution in [0.15, 0.2) is 53.5 Å². The average Bonchev–Trinajstić information content (AvgIpc) is 2.82. The molecule has 0 saturated heterocycles. The maximum absolute atomic E-state index is 13.3. The van der Waals surface area contributed by atoms with Crippen molar-refractivity contribution < 1.29 is 9.53 Å². The number of benzene rings is 2. The molecule has 0 radical (unpaired) electrons. The Morgan fingerprint density at radius 1 is 1.11 bits per heavy atom. The zero-order valence-corrected chi connectivity index (χ0v) is 16.9. The first-order valence-corrected chi connectivity index (χ1v) is 10.2. The lowest BCUT2D eigenvalue weighted by Crippen LogP contribution is -2.42. The first-order chi connectivity index (χ1) is 13.5. The number of Topliss-reactive ketones (excluding diaryl/α,β-unsaturated/α-hetero) is 1. The molecule has 1 fully saturated rings. The van der Waals surface area contributed by atoms with Crippen molar-refractivity contribution in [1.29, 1.82) is 0 Å². The number of anilines is 1. The van der Waals surface area contributed by atoms with E-state index in [1.165, 1.54) is 0 Å². The molecule has 1 heterocycles. The van der Waals surface area contributed by atoms with E-state index in [0.717, 1.165) is 41.2 Å². The second-order valence-corrected chi connectivity index (χ2v) is 8.59. The fraction of sp³-hybridized carbons (Fsp3) is 0.417. The van der Waals surface area contributed by atoms with Crippen molar-refractivity contribution in [2.45, 2.75) is 46.1 Å². The Morgan fingerprint density at radius 3 is 2.68 bits per heavy atom. The summed E-state index contributed by atoms with van der Waals surface area (Å²) in [6.07, 6.45) is 2.34. The van der Waals surface area contributed by atoms with Gasteiger partial charge in [0.2, 0.25) is 0 Å². The highest BCUT2D eigenvalue weighted by Crippen LogP contribution is 2.46. The molecule has 2 atom stereocenters. The van der Waals surface area contributed by atoms with Crippen LogP contribution in [0.4, 0.5) is 11.4 Å². The Morgan fingerprint density at radius 2 is 1.86 bits per heavy atom. The number of carbonyl (C=O) groups excluding carboxylic acids is 1. The molecule has 1 aliphatic carbocycles. The lowest BCUT2D eigenvalue weighted by atomic mass is 9.68. The number of hydrogen-bond donors (Lipinski definition) is 1. The summed E-state index contributed by atoms with van der Waals surface area (Å²) < 4.78 is 6.03. The molecule has 0 unspecified atom stereocenters. The summed E-state index contributed by atoms with van der Waals surface area (Å²) in [6.45, 7) is 7.07. The lowest BCUT2D eigenvalue weighted by Gasteiger charge is -2.37. The molecular formula is C24H28N2O2. The van der Waals surface area contributed by atoms with Crippen LogP contribution in [0.5, 0.6) is 5.75 Å². The minimum absolute atomic E-state index is 0.0610. The fourth-order valence-electron chi connectivity index (χ4n) is 4.35. The molecular weight excluding hydrogens is 348 g/mol. The highest BCUT2D eigenvalue weighted by Gasteiger charge is 2.44. The van der Waals surface area contributed by atoms with Crippen LogP contribution in [0.25, 0.3) is 0 Å². The molecule has 4 rings (SSSR count). The van der Waals surface area contributed by atoms with Gasteiger partial charge in [0.25, 0.3) is 0 Å². The molecule has 28 heavy (non-hydrogen) atoms. The fourth-order valence-corrected chi connectivity index (χ4v) is 4.35. The van der Waals surface area contributed by atoms with Crippen molar-refractivity contribution in [2.75, 3.05) is 11.9 Å². The number of ketones is 1. The quantitative estimate of drug-likeness (QED) is 0.742. The van der Waals surface area contributed by atoms with Gasteiger partial charge < -0.3 is 10.1 Å². The maximum atomic E-state index is 13.3. The summed E-state index contributed by atoms with van der Waals surface area (Å²) in [6, 6.07) is 15.9. The molecule has 0 spiro atoms. The molecule has 1 N–H and O–H groups in total. The molecule has 146 valence electrons. The molecule has 2 aliphatic rings. The average molecular weight is 377 g/mol. The van der Waals surface area contributed by atoms with Crippen LogP contribution >= 0.6 is 0 Å². The monoisotopic (exact) mass is 376 g/mol. The molecule has 0 aromatic heterocycles. The van der Waals surface area contributed by atoms with Gasteiger partial charge in [-0.05, 0) is 36.5 Å². The van der Waals surface area contributed by atoms with Crippen molar-refractivity contribution in [1.82, 2.24) is 0 Å². The van der Waals surface area contributed by atoms with Gasteiger partial charge in [-0.15, -0.1) is 0 Å². The standard InChI is InChI=1S/C24H28N2O2/c1-4-13-28-21-12-8-5-9-16(21)23-22-19(14-24(2,3)15-20(22)27)25-17-10-6-7-11-18(17)26-23/h5-12,22-23,26H,4,13-15H2,1-3H3/t22-,23-/m1/s1. The summed E-state index contributed by atoms with van der Waals surface area (Å²) >= 11 is 0. The SMILES string of the molecule is CCCOc1ccccc1[C@H]1Nc2ccccc2N=C2CC(C)(C)CC(=O)[C@@H]21. The zero-order chi connectivity index (χ0) is 19.7. The predicted molar refractivity (Wildman–Crippen MR) is 114 cm³/mol. The molecule has 2 aromatic carbocycles. The van der Waals surface area contributed by atoms with Crippen LogP contribution in [0.3, 0.4) is 0 Å². The number of fused-ring (bicyclic) bond motifs is 2. The van der Waals surface area contributed by atoms with Crippen LogP contribution in [0, 0.1) is 11.3 Å². The van der Waals surface area contributed by atoms with Crippen molar-refractivity contribution in [3.8, 4) is 5.75 Å². The number of ether oxygens (including phenoxy) is 1. The molecule has 4 nitrogen and oxygen atoms in total. The number of carbonyl (C=O) groups is 1. The first kappa shape index (κ1) is 18.7. The van der Waals surface area contributed by atoms with Gasteiger partial charge in [-0.25, -0.2) is 0 Å². The lowest BCUT2D eigenvalue weighted by molar-refractivity contribution is -0.124. The van der Waals surface area contributed by atoms with Gasteiger partial charge in [-0.2, -0.15) is 0 Å². The zero-order valence-electron chi connectivity index (χ0n) is 16.9. The maximum Gasteiger partial charge on any atom is 0.144 e. The van der Waals surface area contributed by atoms with Crippen LogP contribution in [-0.4, -0.2) is 18.1 Å². The predicted octanol–water partition coefficient (Wildman–Crippen LogP) is 5.72. The minimum atomic E-state index is -0.271. The summed E-state index contributed by atoms with van der Waals surface area (Å²) in [7, 11) is 0. The van der Waals surface area contributed by atoms with Gasteiger partial charge in [0.1, 0.15) is 11.5 Å². The van der Waals surface area contributed by atoms with E-state index < -0.39 is 0 Å². The Hall–Kier alpha value is -2.62. The van der Waals surface area contributed by atoms with E-state index in [9.17, 15) is 4.79 Å². The minimum Gasteiger partial charge on any atom is -0.493 e. The summed E-state index contributed by atoms with van der Waals surface area (Å²) in [5.41, 5.74) is 3.81. The van der Waals surface area contributed by atoms with Crippen molar-refractivity contribution >= 4 is 22.9 Å². The van der Waals surface area contributed by atoms with Crippen molar-refractivity contribution in [3.63, 3.8) is 0 Å². The van der Waals surface area contributed by atoms with Crippen LogP contribution in [-0.2, 0) is 4.79 Å². The first-order valence-electron chi connectivity index (χ1n) is 10.2. The van der Waals surface area contributed by atoms with Gasteiger partial charge in [0.05, 0.1) is 29.9 Å². The van der Waals surface area contributed by atoms with Gasteiger partial charge in [0.15, 0.2) is 0 Å². The molecule has 1 aliphatic heterocycles. The van der Waals surface area contributed by atoms with E-state index >= 15 is 0 Å². The topological polar surface area (TPSA) is 50.7 Å². The van der Waals surface area contributed by atoms with Crippen molar-refractivity contribution in [3.05, 3.63) is 54.1 Å². The Balaban J connectivity index is 1.84. The number of para-hydroxylation sites is 3. The van der Waals surface area contributed by atoms with Gasteiger partial charge >= 0.3 is 0 Å². The van der Waals surface area contributed by atoms with Gasteiger partial charge in [-0.3, -0.25) is 9.79 Å². The summed E-state index contributed by atoms with van der Waals surface area (Å²) in [5, 5.41) is 3.63. The molecule has 0 amide bonds. The number of hydrogen-bond acceptors (Lipinski definition) is 4. The third-order valence-electron chi connectivity index (χ3n) is 5.55. The number of nitrogens with one attached hydrogen (secondary N) is 1. The number of rotatable bonds is 4. The Labute approximate surface area is 167 Å². The van der Waals surface area contributed by atoms with E-state index in [-0.39, 0.29) is 23.2 Å². The third kappa shape index (κ3) is 3.56. The normalized spacial score (nSPS) is 23.0. The van der Waals surface area contributed by atoms with E-state index in [0.29, 0.717) is 13.0 Å². The van der Waals surface area contributed by atoms with Gasteiger partial charge in [-0.1, -0.05) is 51.1 Å². The highest BCUT2D eigenvalue weighted by atomic mass is 16.5. The molecule has 4 heteroatoms. The second kappa shape index (κ2) is 7.42. The second-order valence-electron chi connectivity index (χ2n) is 8.59. The highest BCUT2D eigenvalue weighted by molar-refractivity contribution is 6.10. The third-order valence-corrected chi connectivity index (χ3v) is 5.55. The van der Waals surface area contributed by atoms with E-state index in [1.54, 1.807) is 0 Å². The molecule has 1 saturated carbocycles. The van der Waals surface area contributed by atoms with E-state index in [1.807, 2.05) is 42.5 Å². The van der Waals surface area contributed by atoms with Crippen LogP contribution in [0.2, 0.25) is 0 Å². The Kier molecular flexibility index (Phi) is 4.96. The van der Waals surface area contributed by atoms with Crippen LogP contribution in [0.1, 0.15) is 51.6 Å².